The summed E-state index contributed by atoms with van der Waals surface area (Å²) in [6.07, 6.45) is 0.922. The minimum atomic E-state index is -0.574. The Labute approximate surface area is 112 Å². The van der Waals surface area contributed by atoms with Crippen molar-refractivity contribution in [2.45, 2.75) is 13.3 Å². The van der Waals surface area contributed by atoms with E-state index in [1.54, 1.807) is 0 Å². The van der Waals surface area contributed by atoms with E-state index in [4.69, 9.17) is 0 Å². The number of nitrogens with zero attached hydrogens (tertiary/aromatic N) is 3. The van der Waals surface area contributed by atoms with E-state index in [1.807, 2.05) is 25.9 Å². The quantitative estimate of drug-likeness (QED) is 0.563. The predicted octanol–water partition coefficient (Wildman–Crippen LogP) is 2.51. The number of hydrogen-bond acceptors (Lipinski definition) is 4. The third-order valence-corrected chi connectivity index (χ3v) is 2.86. The minimum Gasteiger partial charge on any atom is -0.371 e. The number of anilines is 1. The lowest BCUT2D eigenvalue weighted by molar-refractivity contribution is -0.385. The van der Waals surface area contributed by atoms with E-state index in [9.17, 15) is 14.5 Å². The molecule has 0 spiro atoms. The largest absolute Gasteiger partial charge is 0.371 e. The van der Waals surface area contributed by atoms with Gasteiger partial charge in [-0.05, 0) is 40.1 Å². The summed E-state index contributed by atoms with van der Waals surface area (Å²) in [5.74, 6) is -0.574. The monoisotopic (exact) mass is 269 g/mol. The van der Waals surface area contributed by atoms with Gasteiger partial charge in [-0.3, -0.25) is 10.1 Å². The summed E-state index contributed by atoms with van der Waals surface area (Å²) in [6, 6.07) is 3.70. The number of halogens is 1. The second-order valence-electron chi connectivity index (χ2n) is 4.66. The standard InChI is InChI=1S/C13H20FN3O2/c1-4-16(7-5-6-15(2)3)12-8-11(14)9-13(10-12)17(18)19/h8-10H,4-7H2,1-3H3. The van der Waals surface area contributed by atoms with Crippen molar-refractivity contribution >= 4 is 11.4 Å². The fourth-order valence-electron chi connectivity index (χ4n) is 1.89. The zero-order valence-electron chi connectivity index (χ0n) is 11.6. The van der Waals surface area contributed by atoms with Crippen LogP contribution in [0, 0.1) is 15.9 Å². The molecular formula is C13H20FN3O2. The van der Waals surface area contributed by atoms with Crippen LogP contribution in [0.2, 0.25) is 0 Å². The Morgan fingerprint density at radius 2 is 1.95 bits per heavy atom. The summed E-state index contributed by atoms with van der Waals surface area (Å²) in [7, 11) is 3.98. The fourth-order valence-corrected chi connectivity index (χ4v) is 1.89. The lowest BCUT2D eigenvalue weighted by Crippen LogP contribution is -2.27. The first-order chi connectivity index (χ1) is 8.93. The predicted molar refractivity (Wildman–Crippen MR) is 74.1 cm³/mol. The van der Waals surface area contributed by atoms with Crippen LogP contribution in [0.1, 0.15) is 13.3 Å². The first-order valence-electron chi connectivity index (χ1n) is 6.28. The smallest absolute Gasteiger partial charge is 0.274 e. The highest BCUT2D eigenvalue weighted by Gasteiger charge is 2.13. The molecule has 0 amide bonds. The number of nitro benzene ring substituents is 1. The Morgan fingerprint density at radius 3 is 2.47 bits per heavy atom. The van der Waals surface area contributed by atoms with Crippen molar-refractivity contribution in [3.05, 3.63) is 34.1 Å². The topological polar surface area (TPSA) is 49.6 Å². The molecule has 0 heterocycles. The molecule has 0 bridgehead atoms. The van der Waals surface area contributed by atoms with Crippen LogP contribution in [0.3, 0.4) is 0 Å². The highest BCUT2D eigenvalue weighted by molar-refractivity contribution is 5.53. The van der Waals surface area contributed by atoms with Gasteiger partial charge in [0.1, 0.15) is 5.82 Å². The van der Waals surface area contributed by atoms with E-state index in [-0.39, 0.29) is 5.69 Å². The molecule has 1 aromatic carbocycles. The second-order valence-corrected chi connectivity index (χ2v) is 4.66. The molecular weight excluding hydrogens is 249 g/mol. The Kier molecular flexibility index (Phi) is 5.69. The molecule has 19 heavy (non-hydrogen) atoms. The van der Waals surface area contributed by atoms with Crippen LogP contribution < -0.4 is 4.90 Å². The van der Waals surface area contributed by atoms with Crippen molar-refractivity contribution in [1.82, 2.24) is 4.90 Å². The van der Waals surface area contributed by atoms with Crippen LogP contribution in [0.4, 0.5) is 15.8 Å². The summed E-state index contributed by atoms with van der Waals surface area (Å²) in [5, 5.41) is 10.7. The molecule has 0 saturated carbocycles. The summed E-state index contributed by atoms with van der Waals surface area (Å²) in [6.45, 7) is 4.31. The average Bonchev–Trinajstić information content (AvgIpc) is 2.33. The molecule has 0 aromatic heterocycles. The number of hydrogen-bond donors (Lipinski definition) is 0. The maximum atomic E-state index is 13.4. The lowest BCUT2D eigenvalue weighted by atomic mass is 10.2. The van der Waals surface area contributed by atoms with Gasteiger partial charge in [0.15, 0.2) is 0 Å². The van der Waals surface area contributed by atoms with E-state index >= 15 is 0 Å². The molecule has 0 saturated heterocycles. The third kappa shape index (κ3) is 4.82. The van der Waals surface area contributed by atoms with Gasteiger partial charge in [-0.2, -0.15) is 0 Å². The number of nitro groups is 1. The third-order valence-electron chi connectivity index (χ3n) is 2.86. The van der Waals surface area contributed by atoms with Gasteiger partial charge >= 0.3 is 0 Å². The molecule has 6 heteroatoms. The molecule has 1 rings (SSSR count). The fraction of sp³-hybridized carbons (Fsp3) is 0.538. The van der Waals surface area contributed by atoms with Crippen LogP contribution in [0.15, 0.2) is 18.2 Å². The Bertz CT molecular complexity index is 438. The summed E-state index contributed by atoms with van der Waals surface area (Å²) < 4.78 is 13.4. The van der Waals surface area contributed by atoms with Crippen LogP contribution in [0.5, 0.6) is 0 Å². The second kappa shape index (κ2) is 7.04. The SMILES string of the molecule is CCN(CCCN(C)C)c1cc(F)cc([N+](=O)[O-])c1. The van der Waals surface area contributed by atoms with Gasteiger partial charge in [0.25, 0.3) is 5.69 Å². The van der Waals surface area contributed by atoms with Crippen molar-refractivity contribution in [1.29, 1.82) is 0 Å². The van der Waals surface area contributed by atoms with Crippen LogP contribution in [-0.4, -0.2) is 43.6 Å². The minimum absolute atomic E-state index is 0.207. The van der Waals surface area contributed by atoms with Crippen LogP contribution in [0.25, 0.3) is 0 Å². The Hall–Kier alpha value is -1.69. The van der Waals surface area contributed by atoms with E-state index in [1.165, 1.54) is 12.1 Å². The zero-order chi connectivity index (χ0) is 14.4. The van der Waals surface area contributed by atoms with Crippen LogP contribution in [-0.2, 0) is 0 Å². The van der Waals surface area contributed by atoms with Crippen molar-refractivity contribution in [2.24, 2.45) is 0 Å². The maximum absolute atomic E-state index is 13.4. The Balaban J connectivity index is 2.82. The van der Waals surface area contributed by atoms with Crippen LogP contribution >= 0.6 is 0 Å². The molecule has 1 aromatic rings. The van der Waals surface area contributed by atoms with E-state index in [2.05, 4.69) is 4.90 Å². The molecule has 0 unspecified atom stereocenters. The van der Waals surface area contributed by atoms with Crippen molar-refractivity contribution in [2.75, 3.05) is 38.6 Å². The highest BCUT2D eigenvalue weighted by atomic mass is 19.1. The number of rotatable bonds is 7. The molecule has 0 aliphatic heterocycles. The van der Waals surface area contributed by atoms with E-state index < -0.39 is 10.7 Å². The van der Waals surface area contributed by atoms with Crippen molar-refractivity contribution in [3.63, 3.8) is 0 Å². The molecule has 0 radical (unpaired) electrons. The average molecular weight is 269 g/mol. The van der Waals surface area contributed by atoms with Gasteiger partial charge in [0.2, 0.25) is 0 Å². The number of non-ortho nitro benzene ring substituents is 1. The first-order valence-corrected chi connectivity index (χ1v) is 6.28. The zero-order valence-corrected chi connectivity index (χ0v) is 11.6. The molecule has 0 atom stereocenters. The van der Waals surface area contributed by atoms with E-state index in [0.29, 0.717) is 12.2 Å². The van der Waals surface area contributed by atoms with Gasteiger partial charge < -0.3 is 9.80 Å². The summed E-state index contributed by atoms with van der Waals surface area (Å²) in [4.78, 5) is 14.2. The molecule has 106 valence electrons. The molecule has 0 fully saturated rings. The Morgan fingerprint density at radius 1 is 1.26 bits per heavy atom. The molecule has 0 aliphatic rings. The van der Waals surface area contributed by atoms with Crippen molar-refractivity contribution < 1.29 is 9.31 Å². The van der Waals surface area contributed by atoms with Crippen molar-refractivity contribution in [3.8, 4) is 0 Å². The van der Waals surface area contributed by atoms with Gasteiger partial charge in [0, 0.05) is 24.8 Å². The lowest BCUT2D eigenvalue weighted by Gasteiger charge is -2.23. The van der Waals surface area contributed by atoms with Gasteiger partial charge in [-0.15, -0.1) is 0 Å². The number of benzene rings is 1. The molecule has 0 N–H and O–H groups in total. The normalized spacial score (nSPS) is 10.8. The molecule has 0 aliphatic carbocycles. The molecule has 5 nitrogen and oxygen atoms in total. The summed E-state index contributed by atoms with van der Waals surface area (Å²) >= 11 is 0. The first kappa shape index (κ1) is 15.4. The van der Waals surface area contributed by atoms with Gasteiger partial charge in [-0.25, -0.2) is 4.39 Å². The van der Waals surface area contributed by atoms with Gasteiger partial charge in [-0.1, -0.05) is 0 Å². The van der Waals surface area contributed by atoms with E-state index in [0.717, 1.165) is 25.6 Å². The summed E-state index contributed by atoms with van der Waals surface area (Å²) in [5.41, 5.74) is 0.356. The van der Waals surface area contributed by atoms with Gasteiger partial charge in [0.05, 0.1) is 11.0 Å². The highest BCUT2D eigenvalue weighted by Crippen LogP contribution is 2.23. The maximum Gasteiger partial charge on any atom is 0.274 e.